The van der Waals surface area contributed by atoms with Crippen LogP contribution in [0.25, 0.3) is 0 Å². The average molecular weight is 308 g/mol. The van der Waals surface area contributed by atoms with E-state index in [1.165, 1.54) is 0 Å². The molecule has 0 N–H and O–H groups in total. The van der Waals surface area contributed by atoms with Crippen molar-refractivity contribution in [3.8, 4) is 0 Å². The van der Waals surface area contributed by atoms with E-state index in [1.807, 2.05) is 18.2 Å². The molecule has 1 aromatic heterocycles. The fourth-order valence-electron chi connectivity index (χ4n) is 3.52. The van der Waals surface area contributed by atoms with Gasteiger partial charge in [0.1, 0.15) is 0 Å². The number of carbonyl (C=O) groups excluding carboxylic acids is 2. The molecule has 0 radical (unpaired) electrons. The second kappa shape index (κ2) is 5.19. The third-order valence-electron chi connectivity index (χ3n) is 4.60. The molecule has 1 fully saturated rings. The number of aromatic nitrogens is 1. The molecule has 1 unspecified atom stereocenters. The van der Waals surface area contributed by atoms with Crippen molar-refractivity contribution in [1.82, 2.24) is 9.88 Å². The van der Waals surface area contributed by atoms with Crippen molar-refractivity contribution < 1.29 is 14.3 Å². The lowest BCUT2D eigenvalue weighted by Gasteiger charge is -2.39. The highest BCUT2D eigenvalue weighted by atomic mass is 16.6. The lowest BCUT2D eigenvalue weighted by Crippen LogP contribution is -2.48. The summed E-state index contributed by atoms with van der Waals surface area (Å²) in [5.74, 6) is -0.342. The maximum atomic E-state index is 12.7. The lowest BCUT2D eigenvalue weighted by atomic mass is 9.85. The molecule has 0 aliphatic carbocycles. The third-order valence-corrected chi connectivity index (χ3v) is 4.60. The molecule has 2 aromatic rings. The summed E-state index contributed by atoms with van der Waals surface area (Å²) in [5.41, 5.74) is 1.42. The summed E-state index contributed by atoms with van der Waals surface area (Å²) in [6.45, 7) is 1.07. The van der Waals surface area contributed by atoms with E-state index in [2.05, 4.69) is 4.98 Å². The maximum Gasteiger partial charge on any atom is 0.339 e. The van der Waals surface area contributed by atoms with Crippen LogP contribution in [0.2, 0.25) is 0 Å². The van der Waals surface area contributed by atoms with Gasteiger partial charge in [-0.05, 0) is 31.0 Å². The zero-order valence-corrected chi connectivity index (χ0v) is 12.6. The third kappa shape index (κ3) is 2.20. The van der Waals surface area contributed by atoms with E-state index in [-0.39, 0.29) is 11.9 Å². The van der Waals surface area contributed by atoms with Crippen molar-refractivity contribution in [3.05, 3.63) is 65.5 Å². The Morgan fingerprint density at radius 2 is 1.96 bits per heavy atom. The largest absolute Gasteiger partial charge is 0.449 e. The Morgan fingerprint density at radius 1 is 1.17 bits per heavy atom. The molecule has 1 saturated heterocycles. The first kappa shape index (κ1) is 13.9. The highest BCUT2D eigenvalue weighted by molar-refractivity contribution is 5.96. The number of ether oxygens (including phenoxy) is 1. The number of fused-ring (bicyclic) bond motifs is 2. The van der Waals surface area contributed by atoms with E-state index in [0.29, 0.717) is 24.2 Å². The van der Waals surface area contributed by atoms with Crippen molar-refractivity contribution in [3.63, 3.8) is 0 Å². The standard InChI is InChI=1S/C18H16N2O3/c21-16(13-6-9-19-10-7-13)20-11-3-8-18(12-20)15-5-2-1-4-14(15)17(22)23-18/h1-2,4-7,9-10H,3,8,11-12H2. The predicted molar refractivity (Wildman–Crippen MR) is 82.9 cm³/mol. The number of hydrogen-bond donors (Lipinski definition) is 0. The van der Waals surface area contributed by atoms with Gasteiger partial charge in [0.05, 0.1) is 12.1 Å². The Morgan fingerprint density at radius 3 is 2.78 bits per heavy atom. The van der Waals surface area contributed by atoms with Crippen LogP contribution < -0.4 is 0 Å². The van der Waals surface area contributed by atoms with E-state index in [1.54, 1.807) is 35.5 Å². The number of carbonyl (C=O) groups is 2. The molecule has 4 rings (SSSR count). The number of nitrogens with zero attached hydrogens (tertiary/aromatic N) is 2. The molecule has 3 heterocycles. The molecule has 1 spiro atoms. The maximum absolute atomic E-state index is 12.7. The van der Waals surface area contributed by atoms with Crippen LogP contribution in [-0.4, -0.2) is 34.8 Å². The van der Waals surface area contributed by atoms with Crippen molar-refractivity contribution in [1.29, 1.82) is 0 Å². The van der Waals surface area contributed by atoms with Gasteiger partial charge in [0.25, 0.3) is 5.91 Å². The van der Waals surface area contributed by atoms with Gasteiger partial charge in [0.2, 0.25) is 0 Å². The molecular formula is C18H16N2O3. The second-order valence-corrected chi connectivity index (χ2v) is 6.00. The predicted octanol–water partition coefficient (Wildman–Crippen LogP) is 2.38. The van der Waals surface area contributed by atoms with Crippen LogP contribution in [0.5, 0.6) is 0 Å². The van der Waals surface area contributed by atoms with Crippen molar-refractivity contribution in [2.75, 3.05) is 13.1 Å². The zero-order chi connectivity index (χ0) is 15.9. The van der Waals surface area contributed by atoms with Gasteiger partial charge >= 0.3 is 5.97 Å². The van der Waals surface area contributed by atoms with Crippen LogP contribution in [0.4, 0.5) is 0 Å². The van der Waals surface area contributed by atoms with E-state index < -0.39 is 5.60 Å². The minimum Gasteiger partial charge on any atom is -0.449 e. The molecule has 116 valence electrons. The number of piperidine rings is 1. The molecule has 5 nitrogen and oxygen atoms in total. The zero-order valence-electron chi connectivity index (χ0n) is 12.6. The Balaban J connectivity index is 1.66. The summed E-state index contributed by atoms with van der Waals surface area (Å²) in [6, 6.07) is 10.9. The van der Waals surface area contributed by atoms with Gasteiger partial charge in [-0.2, -0.15) is 0 Å². The summed E-state index contributed by atoms with van der Waals surface area (Å²) in [6.07, 6.45) is 4.77. The van der Waals surface area contributed by atoms with Crippen LogP contribution in [0.1, 0.15) is 39.1 Å². The second-order valence-electron chi connectivity index (χ2n) is 6.00. The van der Waals surface area contributed by atoms with Gasteiger partial charge < -0.3 is 9.64 Å². The minimum absolute atomic E-state index is 0.0492. The summed E-state index contributed by atoms with van der Waals surface area (Å²) in [4.78, 5) is 30.6. The first-order chi connectivity index (χ1) is 11.2. The topological polar surface area (TPSA) is 59.5 Å². The van der Waals surface area contributed by atoms with Crippen molar-refractivity contribution >= 4 is 11.9 Å². The van der Waals surface area contributed by atoms with E-state index >= 15 is 0 Å². The van der Waals surface area contributed by atoms with Gasteiger partial charge in [-0.25, -0.2) is 4.79 Å². The Kier molecular flexibility index (Phi) is 3.15. The highest BCUT2D eigenvalue weighted by Crippen LogP contribution is 2.42. The average Bonchev–Trinajstić information content (AvgIpc) is 2.87. The highest BCUT2D eigenvalue weighted by Gasteiger charge is 2.48. The molecule has 5 heteroatoms. The molecule has 2 aliphatic rings. The summed E-state index contributed by atoms with van der Waals surface area (Å²) < 4.78 is 5.73. The van der Waals surface area contributed by atoms with E-state index in [4.69, 9.17) is 4.74 Å². The Labute approximate surface area is 133 Å². The fourth-order valence-corrected chi connectivity index (χ4v) is 3.52. The summed E-state index contributed by atoms with van der Waals surface area (Å²) >= 11 is 0. The summed E-state index contributed by atoms with van der Waals surface area (Å²) in [5, 5.41) is 0. The number of hydrogen-bond acceptors (Lipinski definition) is 4. The van der Waals surface area contributed by atoms with Gasteiger partial charge in [0, 0.05) is 30.1 Å². The molecule has 23 heavy (non-hydrogen) atoms. The molecule has 2 aliphatic heterocycles. The fraction of sp³-hybridized carbons (Fsp3) is 0.278. The SMILES string of the molecule is O=C1OC2(CCCN(C(=O)c3ccncc3)C2)c2ccccc21. The number of pyridine rings is 1. The molecule has 0 bridgehead atoms. The van der Waals surface area contributed by atoms with Gasteiger partial charge in [-0.15, -0.1) is 0 Å². The Hall–Kier alpha value is -2.69. The molecule has 1 atom stereocenters. The first-order valence-corrected chi connectivity index (χ1v) is 7.72. The van der Waals surface area contributed by atoms with E-state index in [9.17, 15) is 9.59 Å². The first-order valence-electron chi connectivity index (χ1n) is 7.72. The molecule has 0 saturated carbocycles. The monoisotopic (exact) mass is 308 g/mol. The van der Waals surface area contributed by atoms with Crippen molar-refractivity contribution in [2.45, 2.75) is 18.4 Å². The number of esters is 1. The van der Waals surface area contributed by atoms with Crippen LogP contribution >= 0.6 is 0 Å². The van der Waals surface area contributed by atoms with Crippen LogP contribution in [-0.2, 0) is 10.3 Å². The molecule has 1 aromatic carbocycles. The normalized spacial score (nSPS) is 22.8. The number of amides is 1. The van der Waals surface area contributed by atoms with Gasteiger partial charge in [-0.3, -0.25) is 9.78 Å². The lowest BCUT2D eigenvalue weighted by molar-refractivity contribution is -0.0442. The number of rotatable bonds is 1. The smallest absolute Gasteiger partial charge is 0.339 e. The molecule has 1 amide bonds. The van der Waals surface area contributed by atoms with Crippen LogP contribution in [0.3, 0.4) is 0 Å². The minimum atomic E-state index is -0.700. The van der Waals surface area contributed by atoms with E-state index in [0.717, 1.165) is 18.4 Å². The molecular weight excluding hydrogens is 292 g/mol. The van der Waals surface area contributed by atoms with Crippen LogP contribution in [0.15, 0.2) is 48.8 Å². The summed E-state index contributed by atoms with van der Waals surface area (Å²) in [7, 11) is 0. The Bertz CT molecular complexity index is 775. The van der Waals surface area contributed by atoms with Crippen LogP contribution in [0, 0.1) is 0 Å². The van der Waals surface area contributed by atoms with Crippen molar-refractivity contribution in [2.24, 2.45) is 0 Å². The van der Waals surface area contributed by atoms with Gasteiger partial charge in [0.15, 0.2) is 5.60 Å². The number of benzene rings is 1. The number of likely N-dealkylation sites (tertiary alicyclic amines) is 1. The quantitative estimate of drug-likeness (QED) is 0.759. The van der Waals surface area contributed by atoms with Gasteiger partial charge in [-0.1, -0.05) is 18.2 Å².